The monoisotopic (exact) mass is 386 g/mol. The largest absolute Gasteiger partial charge is 0.480 e. The highest BCUT2D eigenvalue weighted by atomic mass is 32.2. The van der Waals surface area contributed by atoms with Gasteiger partial charge in [0.1, 0.15) is 9.09 Å². The summed E-state index contributed by atoms with van der Waals surface area (Å²) >= 11 is 0.213. The maximum atomic E-state index is 12.6. The van der Waals surface area contributed by atoms with E-state index in [1.165, 1.54) is 0 Å². The van der Waals surface area contributed by atoms with Crippen molar-refractivity contribution in [2.24, 2.45) is 0 Å². The first-order valence-electron chi connectivity index (χ1n) is 7.11. The average molecular weight is 386 g/mol. The van der Waals surface area contributed by atoms with E-state index in [0.717, 1.165) is 16.4 Å². The van der Waals surface area contributed by atoms with Crippen molar-refractivity contribution in [3.8, 4) is 0 Å². The molecule has 0 bridgehead atoms. The summed E-state index contributed by atoms with van der Waals surface area (Å²) in [5.41, 5.74) is 0. The van der Waals surface area contributed by atoms with Gasteiger partial charge in [0.15, 0.2) is 0 Å². The van der Waals surface area contributed by atoms with Crippen molar-refractivity contribution >= 4 is 27.3 Å². The van der Waals surface area contributed by atoms with E-state index < -0.39 is 27.0 Å². The Morgan fingerprint density at radius 1 is 1.38 bits per heavy atom. The third-order valence-corrected chi connectivity index (χ3v) is 7.38. The summed E-state index contributed by atoms with van der Waals surface area (Å²) in [5, 5.41) is 8.77. The molecule has 136 valence electrons. The van der Waals surface area contributed by atoms with Crippen LogP contribution in [0.25, 0.3) is 0 Å². The summed E-state index contributed by atoms with van der Waals surface area (Å²) in [7, 11) is -2.31. The zero-order valence-electron chi connectivity index (χ0n) is 12.8. The van der Waals surface area contributed by atoms with Gasteiger partial charge in [0.25, 0.3) is 10.0 Å². The van der Waals surface area contributed by atoms with Crippen LogP contribution < -0.4 is 0 Å². The predicted molar refractivity (Wildman–Crippen MR) is 81.4 cm³/mol. The molecule has 1 N–H and O–H groups in total. The van der Waals surface area contributed by atoms with Gasteiger partial charge in [-0.25, -0.2) is 8.42 Å². The van der Waals surface area contributed by atoms with Gasteiger partial charge in [-0.05, 0) is 32.0 Å². The molecule has 0 saturated carbocycles. The Kier molecular flexibility index (Phi) is 5.57. The Hall–Kier alpha value is -1.17. The third kappa shape index (κ3) is 4.26. The van der Waals surface area contributed by atoms with E-state index in [2.05, 4.69) is 0 Å². The number of hydrogen-bond donors (Lipinski definition) is 1. The molecule has 1 aliphatic heterocycles. The van der Waals surface area contributed by atoms with E-state index in [1.807, 2.05) is 0 Å². The number of hydrogen-bond acceptors (Lipinski definition) is 5. The predicted octanol–water partition coefficient (Wildman–Crippen LogP) is 1.94. The van der Waals surface area contributed by atoms with E-state index in [1.54, 1.807) is 11.9 Å². The van der Waals surface area contributed by atoms with E-state index in [0.29, 0.717) is 12.8 Å². The summed E-state index contributed by atoms with van der Waals surface area (Å²) in [6, 6.07) is 1.68. The van der Waals surface area contributed by atoms with Gasteiger partial charge in [-0.2, -0.15) is 17.5 Å². The normalized spacial score (nSPS) is 18.2. The number of piperidine rings is 1. The van der Waals surface area contributed by atoms with Crippen molar-refractivity contribution in [3.63, 3.8) is 0 Å². The van der Waals surface area contributed by atoms with Crippen LogP contribution in [0.15, 0.2) is 16.3 Å². The molecule has 1 aromatic heterocycles. The first-order valence-corrected chi connectivity index (χ1v) is 9.36. The van der Waals surface area contributed by atoms with Gasteiger partial charge in [0, 0.05) is 19.1 Å². The highest BCUT2D eigenvalue weighted by Crippen LogP contribution is 2.37. The molecule has 0 aromatic carbocycles. The Balaban J connectivity index is 2.05. The van der Waals surface area contributed by atoms with Gasteiger partial charge in [-0.3, -0.25) is 9.69 Å². The smallest absolute Gasteiger partial charge is 0.425 e. The summed E-state index contributed by atoms with van der Waals surface area (Å²) in [4.78, 5) is 11.4. The number of carbonyl (C=O) groups is 1. The molecule has 2 rings (SSSR count). The molecule has 1 aliphatic rings. The second-order valence-corrected chi connectivity index (χ2v) is 8.81. The van der Waals surface area contributed by atoms with Crippen LogP contribution in [0.5, 0.6) is 0 Å². The van der Waals surface area contributed by atoms with Crippen molar-refractivity contribution in [2.45, 2.75) is 29.3 Å². The lowest BCUT2D eigenvalue weighted by molar-refractivity contribution is -0.138. The highest BCUT2D eigenvalue weighted by molar-refractivity contribution is 7.91. The van der Waals surface area contributed by atoms with Gasteiger partial charge in [0.05, 0.1) is 6.54 Å². The first-order chi connectivity index (χ1) is 11.0. The summed E-state index contributed by atoms with van der Waals surface area (Å²) in [5.74, 6) is -0.967. The molecular formula is C13H17F3N2O4S2. The molecule has 2 heterocycles. The molecule has 0 aliphatic carbocycles. The minimum atomic E-state index is -4.56. The van der Waals surface area contributed by atoms with E-state index >= 15 is 0 Å². The Bertz CT molecular complexity index is 694. The molecular weight excluding hydrogens is 369 g/mol. The van der Waals surface area contributed by atoms with Crippen molar-refractivity contribution in [1.29, 1.82) is 0 Å². The minimum absolute atomic E-state index is 0.0679. The van der Waals surface area contributed by atoms with Crippen LogP contribution in [0, 0.1) is 0 Å². The zero-order chi connectivity index (χ0) is 18.1. The molecule has 0 spiro atoms. The fourth-order valence-corrected chi connectivity index (χ4v) is 5.40. The SMILES string of the molecule is CN(CC(=O)O)C1CCN(S(=O)(=O)c2ccc(C(F)(F)F)s2)CC1. The second kappa shape index (κ2) is 6.98. The number of sulfonamides is 1. The quantitative estimate of drug-likeness (QED) is 0.837. The number of halogens is 3. The molecule has 0 unspecified atom stereocenters. The van der Waals surface area contributed by atoms with Crippen LogP contribution in [0.3, 0.4) is 0 Å². The van der Waals surface area contributed by atoms with Crippen molar-refractivity contribution in [2.75, 3.05) is 26.7 Å². The number of likely N-dealkylation sites (N-methyl/N-ethyl adjacent to an activating group) is 1. The Morgan fingerprint density at radius 2 is 1.96 bits per heavy atom. The van der Waals surface area contributed by atoms with Crippen LogP contribution in [-0.2, 0) is 21.0 Å². The average Bonchev–Trinajstić information content (AvgIpc) is 2.97. The number of thiophene rings is 1. The van der Waals surface area contributed by atoms with Gasteiger partial charge < -0.3 is 5.11 Å². The number of carboxylic acid groups (broad SMARTS) is 1. The number of alkyl halides is 3. The molecule has 1 fully saturated rings. The molecule has 11 heteroatoms. The number of carboxylic acids is 1. The maximum Gasteiger partial charge on any atom is 0.425 e. The van der Waals surface area contributed by atoms with Crippen LogP contribution in [-0.4, -0.2) is 61.4 Å². The number of rotatable bonds is 5. The Morgan fingerprint density at radius 3 is 2.42 bits per heavy atom. The fourth-order valence-electron chi connectivity index (χ4n) is 2.60. The van der Waals surface area contributed by atoms with Crippen molar-refractivity contribution in [1.82, 2.24) is 9.21 Å². The van der Waals surface area contributed by atoms with Crippen LogP contribution in [0.2, 0.25) is 0 Å². The summed E-state index contributed by atoms with van der Waals surface area (Å²) < 4.78 is 63.6. The molecule has 1 aromatic rings. The van der Waals surface area contributed by atoms with E-state index in [-0.39, 0.29) is 41.2 Å². The maximum absolute atomic E-state index is 12.6. The highest BCUT2D eigenvalue weighted by Gasteiger charge is 2.36. The lowest BCUT2D eigenvalue weighted by Crippen LogP contribution is -2.46. The molecule has 0 atom stereocenters. The van der Waals surface area contributed by atoms with Crippen LogP contribution in [0.1, 0.15) is 17.7 Å². The second-order valence-electron chi connectivity index (χ2n) is 5.56. The van der Waals surface area contributed by atoms with Crippen molar-refractivity contribution < 1.29 is 31.5 Å². The first kappa shape index (κ1) is 19.2. The third-order valence-electron chi connectivity index (χ3n) is 3.89. The van der Waals surface area contributed by atoms with E-state index in [4.69, 9.17) is 5.11 Å². The number of aliphatic carboxylic acids is 1. The molecule has 1 saturated heterocycles. The summed E-state index contributed by atoms with van der Waals surface area (Å²) in [6.07, 6.45) is -3.70. The summed E-state index contributed by atoms with van der Waals surface area (Å²) in [6.45, 7) is 0.156. The molecule has 0 amide bonds. The lowest BCUT2D eigenvalue weighted by Gasteiger charge is -2.35. The molecule has 24 heavy (non-hydrogen) atoms. The van der Waals surface area contributed by atoms with Gasteiger partial charge in [-0.15, -0.1) is 11.3 Å². The molecule has 6 nitrogen and oxygen atoms in total. The van der Waals surface area contributed by atoms with Crippen molar-refractivity contribution in [3.05, 3.63) is 17.0 Å². The van der Waals surface area contributed by atoms with E-state index in [9.17, 15) is 26.4 Å². The molecule has 0 radical (unpaired) electrons. The van der Waals surface area contributed by atoms with Gasteiger partial charge >= 0.3 is 12.1 Å². The Labute approximate surface area is 141 Å². The lowest BCUT2D eigenvalue weighted by atomic mass is 10.1. The minimum Gasteiger partial charge on any atom is -0.480 e. The standard InChI is InChI=1S/C13H17F3N2O4S2/c1-17(8-11(19)20)9-4-6-18(7-5-9)24(21,22)12-3-2-10(23-12)13(14,15)16/h2-3,9H,4-8H2,1H3,(H,19,20). The zero-order valence-corrected chi connectivity index (χ0v) is 14.4. The van der Waals surface area contributed by atoms with Gasteiger partial charge in [0.2, 0.25) is 0 Å². The topological polar surface area (TPSA) is 77.9 Å². The fraction of sp³-hybridized carbons (Fsp3) is 0.615. The van der Waals surface area contributed by atoms with Crippen LogP contribution in [0.4, 0.5) is 13.2 Å². The van der Waals surface area contributed by atoms with Gasteiger partial charge in [-0.1, -0.05) is 0 Å². The number of nitrogens with zero attached hydrogens (tertiary/aromatic N) is 2. The van der Waals surface area contributed by atoms with Crippen LogP contribution >= 0.6 is 11.3 Å².